The van der Waals surface area contributed by atoms with Crippen LogP contribution >= 0.6 is 0 Å². The number of ether oxygens (including phenoxy) is 1. The Morgan fingerprint density at radius 1 is 0.938 bits per heavy atom. The molecular formula is C21H21F3N6O2. The molecule has 2 aromatic carbocycles. The summed E-state index contributed by atoms with van der Waals surface area (Å²) in [6.07, 6.45) is -4.77. The van der Waals surface area contributed by atoms with Crippen LogP contribution in [0, 0.1) is 6.92 Å². The maximum absolute atomic E-state index is 12.2. The fourth-order valence-electron chi connectivity index (χ4n) is 2.69. The number of hydrogen-bond donors (Lipinski definition) is 4. The molecule has 0 unspecified atom stereocenters. The number of aromatic nitrogens is 2. The third-order valence-corrected chi connectivity index (χ3v) is 3.95. The molecule has 0 aliphatic rings. The van der Waals surface area contributed by atoms with E-state index in [-0.39, 0.29) is 5.75 Å². The Bertz CT molecular complexity index is 1060. The van der Waals surface area contributed by atoms with Crippen LogP contribution in [0.1, 0.15) is 12.6 Å². The fraction of sp³-hybridized carbons (Fsp3) is 0.190. The van der Waals surface area contributed by atoms with Gasteiger partial charge in [-0.25, -0.2) is 9.78 Å². The average Bonchev–Trinajstić information content (AvgIpc) is 2.70. The summed E-state index contributed by atoms with van der Waals surface area (Å²) >= 11 is 0. The molecule has 2 amide bonds. The van der Waals surface area contributed by atoms with Crippen molar-refractivity contribution in [3.8, 4) is 5.75 Å². The Labute approximate surface area is 182 Å². The van der Waals surface area contributed by atoms with Gasteiger partial charge in [0.25, 0.3) is 0 Å². The van der Waals surface area contributed by atoms with Gasteiger partial charge in [-0.05, 0) is 62.4 Å². The van der Waals surface area contributed by atoms with Crippen LogP contribution in [0.15, 0.2) is 54.6 Å². The van der Waals surface area contributed by atoms with Gasteiger partial charge in [-0.15, -0.1) is 13.2 Å². The predicted octanol–water partition coefficient (Wildman–Crippen LogP) is 5.50. The van der Waals surface area contributed by atoms with E-state index in [1.165, 1.54) is 12.1 Å². The molecule has 0 fully saturated rings. The first kappa shape index (κ1) is 22.7. The van der Waals surface area contributed by atoms with E-state index in [1.807, 2.05) is 19.9 Å². The van der Waals surface area contributed by atoms with E-state index in [2.05, 4.69) is 36.0 Å². The summed E-state index contributed by atoms with van der Waals surface area (Å²) < 4.78 is 40.4. The molecule has 4 N–H and O–H groups in total. The van der Waals surface area contributed by atoms with E-state index in [9.17, 15) is 18.0 Å². The van der Waals surface area contributed by atoms with Crippen molar-refractivity contribution in [2.75, 3.05) is 27.8 Å². The number of rotatable bonds is 7. The van der Waals surface area contributed by atoms with Crippen LogP contribution in [-0.2, 0) is 0 Å². The van der Waals surface area contributed by atoms with E-state index >= 15 is 0 Å². The molecule has 0 spiro atoms. The van der Waals surface area contributed by atoms with Gasteiger partial charge in [0.1, 0.15) is 11.6 Å². The van der Waals surface area contributed by atoms with Crippen molar-refractivity contribution in [1.29, 1.82) is 0 Å². The second-order valence-electron chi connectivity index (χ2n) is 6.60. The maximum Gasteiger partial charge on any atom is 0.573 e. The predicted molar refractivity (Wildman–Crippen MR) is 116 cm³/mol. The molecule has 168 valence electrons. The molecule has 3 aromatic rings. The third-order valence-electron chi connectivity index (χ3n) is 3.95. The second-order valence-corrected chi connectivity index (χ2v) is 6.60. The molecular weight excluding hydrogens is 425 g/mol. The number of nitrogens with zero attached hydrogens (tertiary/aromatic N) is 2. The van der Waals surface area contributed by atoms with Gasteiger partial charge < -0.3 is 26.0 Å². The van der Waals surface area contributed by atoms with Gasteiger partial charge in [-0.1, -0.05) is 0 Å². The summed E-state index contributed by atoms with van der Waals surface area (Å²) in [5.74, 6) is 0.788. The molecule has 0 aliphatic heterocycles. The van der Waals surface area contributed by atoms with Gasteiger partial charge in [0.2, 0.25) is 5.95 Å². The minimum Gasteiger partial charge on any atom is -0.406 e. The highest BCUT2D eigenvalue weighted by Gasteiger charge is 2.30. The minimum absolute atomic E-state index is 0.311. The van der Waals surface area contributed by atoms with Gasteiger partial charge >= 0.3 is 12.4 Å². The molecule has 0 bridgehead atoms. The number of anilines is 5. The summed E-state index contributed by atoms with van der Waals surface area (Å²) in [6.45, 7) is 4.53. The smallest absolute Gasteiger partial charge is 0.406 e. The molecule has 0 aliphatic carbocycles. The largest absolute Gasteiger partial charge is 0.573 e. The zero-order valence-electron chi connectivity index (χ0n) is 17.2. The normalized spacial score (nSPS) is 10.9. The van der Waals surface area contributed by atoms with Crippen LogP contribution in [0.25, 0.3) is 0 Å². The molecule has 0 saturated heterocycles. The molecule has 0 saturated carbocycles. The van der Waals surface area contributed by atoms with Crippen LogP contribution in [0.3, 0.4) is 0 Å². The number of amides is 2. The molecule has 3 rings (SSSR count). The topological polar surface area (TPSA) is 100 Å². The quantitative estimate of drug-likeness (QED) is 0.382. The summed E-state index contributed by atoms with van der Waals surface area (Å²) in [5, 5.41) is 11.4. The lowest BCUT2D eigenvalue weighted by atomic mass is 10.2. The SMILES string of the molecule is CCNc1nc(C)cc(Nc2ccc(NC(=O)Nc3ccc(OC(F)(F)F)cc3)cc2)n1. The first-order valence-electron chi connectivity index (χ1n) is 9.60. The van der Waals surface area contributed by atoms with Crippen molar-refractivity contribution in [3.05, 3.63) is 60.3 Å². The van der Waals surface area contributed by atoms with Gasteiger partial charge in [0.05, 0.1) is 0 Å². The average molecular weight is 446 g/mol. The van der Waals surface area contributed by atoms with Gasteiger partial charge in [-0.2, -0.15) is 4.98 Å². The first-order chi connectivity index (χ1) is 15.2. The minimum atomic E-state index is -4.77. The molecule has 8 nitrogen and oxygen atoms in total. The molecule has 0 atom stereocenters. The fourth-order valence-corrected chi connectivity index (χ4v) is 2.69. The number of urea groups is 1. The molecule has 1 aromatic heterocycles. The molecule has 32 heavy (non-hydrogen) atoms. The van der Waals surface area contributed by atoms with E-state index in [4.69, 9.17) is 0 Å². The zero-order valence-corrected chi connectivity index (χ0v) is 17.2. The Hall–Kier alpha value is -4.02. The van der Waals surface area contributed by atoms with Crippen LogP contribution in [0.2, 0.25) is 0 Å². The summed E-state index contributed by atoms with van der Waals surface area (Å²) in [6, 6.07) is 13.0. The van der Waals surface area contributed by atoms with Gasteiger partial charge in [0, 0.05) is 35.4 Å². The molecule has 1 heterocycles. The number of hydrogen-bond acceptors (Lipinski definition) is 6. The monoisotopic (exact) mass is 446 g/mol. The Kier molecular flexibility index (Phi) is 6.98. The van der Waals surface area contributed by atoms with Crippen LogP contribution in [-0.4, -0.2) is 28.9 Å². The van der Waals surface area contributed by atoms with Crippen LogP contribution in [0.4, 0.5) is 46.8 Å². The highest BCUT2D eigenvalue weighted by Crippen LogP contribution is 2.24. The lowest BCUT2D eigenvalue weighted by Crippen LogP contribution is -2.19. The number of benzene rings is 2. The van der Waals surface area contributed by atoms with Crippen molar-refractivity contribution in [2.45, 2.75) is 20.2 Å². The van der Waals surface area contributed by atoms with E-state index in [0.717, 1.165) is 23.5 Å². The van der Waals surface area contributed by atoms with Crippen LogP contribution in [0.5, 0.6) is 5.75 Å². The van der Waals surface area contributed by atoms with Crippen molar-refractivity contribution >= 4 is 34.9 Å². The lowest BCUT2D eigenvalue weighted by Gasteiger charge is -2.11. The summed E-state index contributed by atoms with van der Waals surface area (Å²) in [7, 11) is 0. The summed E-state index contributed by atoms with van der Waals surface area (Å²) in [4.78, 5) is 20.8. The van der Waals surface area contributed by atoms with E-state index < -0.39 is 12.4 Å². The molecule has 11 heteroatoms. The number of carbonyl (C=O) groups is 1. The van der Waals surface area contributed by atoms with Gasteiger partial charge in [0.15, 0.2) is 0 Å². The first-order valence-corrected chi connectivity index (χ1v) is 9.60. The van der Waals surface area contributed by atoms with Crippen molar-refractivity contribution in [1.82, 2.24) is 9.97 Å². The lowest BCUT2D eigenvalue weighted by molar-refractivity contribution is -0.274. The highest BCUT2D eigenvalue weighted by molar-refractivity contribution is 5.99. The van der Waals surface area contributed by atoms with E-state index in [0.29, 0.717) is 29.7 Å². The highest BCUT2D eigenvalue weighted by atomic mass is 19.4. The van der Waals surface area contributed by atoms with E-state index in [1.54, 1.807) is 24.3 Å². The molecule has 0 radical (unpaired) electrons. The Morgan fingerprint density at radius 3 is 2.06 bits per heavy atom. The Balaban J connectivity index is 1.56. The zero-order chi connectivity index (χ0) is 23.1. The third kappa shape index (κ3) is 7.04. The van der Waals surface area contributed by atoms with Crippen molar-refractivity contribution in [2.24, 2.45) is 0 Å². The number of carbonyl (C=O) groups excluding carboxylic acids is 1. The number of aryl methyl sites for hydroxylation is 1. The van der Waals surface area contributed by atoms with Crippen molar-refractivity contribution < 1.29 is 22.7 Å². The number of nitrogens with one attached hydrogen (secondary N) is 4. The summed E-state index contributed by atoms with van der Waals surface area (Å²) in [5.41, 5.74) is 2.41. The number of alkyl halides is 3. The van der Waals surface area contributed by atoms with Crippen molar-refractivity contribution in [3.63, 3.8) is 0 Å². The standard InChI is InChI=1S/C21H21F3N6O2/c1-3-25-19-26-13(2)12-18(30-19)27-14-4-6-15(7-5-14)28-20(31)29-16-8-10-17(11-9-16)32-21(22,23)24/h4-12H,3H2,1-2H3,(H2,28,29,31)(H2,25,26,27,30). The maximum atomic E-state index is 12.2. The number of halogens is 3. The second kappa shape index (κ2) is 9.86. The van der Waals surface area contributed by atoms with Crippen LogP contribution < -0.4 is 26.0 Å². The van der Waals surface area contributed by atoms with Gasteiger partial charge in [-0.3, -0.25) is 0 Å². The Morgan fingerprint density at radius 2 is 1.50 bits per heavy atom.